The molecular weight excluding hydrogens is 380 g/mol. The molecule has 3 rings (SSSR count). The molecule has 1 heterocycles. The van der Waals surface area contributed by atoms with Gasteiger partial charge in [-0.05, 0) is 42.5 Å². The zero-order valence-electron chi connectivity index (χ0n) is 14.0. The summed E-state index contributed by atoms with van der Waals surface area (Å²) < 4.78 is 53.8. The Bertz CT molecular complexity index is 1060. The molecule has 1 aromatic heterocycles. The van der Waals surface area contributed by atoms with E-state index in [1.807, 2.05) is 0 Å². The summed E-state index contributed by atoms with van der Waals surface area (Å²) in [5.41, 5.74) is 3.76. The largest absolute Gasteiger partial charge is 0.433 e. The molecule has 0 bridgehead atoms. The van der Waals surface area contributed by atoms with Crippen LogP contribution in [0, 0.1) is 5.82 Å². The normalized spacial score (nSPS) is 11.3. The lowest BCUT2D eigenvalue weighted by atomic mass is 10.1. The molecule has 6 nitrogen and oxygen atoms in total. The predicted octanol–water partition coefficient (Wildman–Crippen LogP) is 3.38. The van der Waals surface area contributed by atoms with Gasteiger partial charge in [-0.15, -0.1) is 0 Å². The summed E-state index contributed by atoms with van der Waals surface area (Å²) in [6.45, 7) is 0. The van der Waals surface area contributed by atoms with E-state index in [2.05, 4.69) is 10.4 Å². The van der Waals surface area contributed by atoms with E-state index in [0.29, 0.717) is 4.68 Å². The highest BCUT2D eigenvalue weighted by molar-refractivity contribution is 6.05. The Morgan fingerprint density at radius 3 is 2.43 bits per heavy atom. The number of carbonyl (C=O) groups is 2. The van der Waals surface area contributed by atoms with Crippen molar-refractivity contribution >= 4 is 17.5 Å². The topological polar surface area (TPSA) is 90.0 Å². The Morgan fingerprint density at radius 1 is 1.04 bits per heavy atom. The van der Waals surface area contributed by atoms with Crippen LogP contribution in [0.1, 0.15) is 26.4 Å². The number of primary amides is 1. The van der Waals surface area contributed by atoms with Crippen LogP contribution < -0.4 is 11.1 Å². The first-order valence-electron chi connectivity index (χ1n) is 7.79. The molecule has 2 amide bonds. The minimum atomic E-state index is -4.62. The van der Waals surface area contributed by atoms with Crippen molar-refractivity contribution in [2.45, 2.75) is 6.18 Å². The number of nitrogens with one attached hydrogen (secondary N) is 1. The van der Waals surface area contributed by atoms with E-state index in [1.165, 1.54) is 30.3 Å². The monoisotopic (exact) mass is 392 g/mol. The molecule has 2 aromatic carbocycles. The van der Waals surface area contributed by atoms with Gasteiger partial charge in [0, 0.05) is 11.1 Å². The lowest BCUT2D eigenvalue weighted by Gasteiger charge is -2.12. The molecule has 0 saturated carbocycles. The summed E-state index contributed by atoms with van der Waals surface area (Å²) in [7, 11) is 0. The van der Waals surface area contributed by atoms with Crippen LogP contribution in [0.2, 0.25) is 0 Å². The zero-order valence-corrected chi connectivity index (χ0v) is 14.0. The van der Waals surface area contributed by atoms with Crippen molar-refractivity contribution in [1.29, 1.82) is 0 Å². The fourth-order valence-corrected chi connectivity index (χ4v) is 2.47. The lowest BCUT2D eigenvalue weighted by Crippen LogP contribution is -2.16. The van der Waals surface area contributed by atoms with Crippen molar-refractivity contribution in [2.24, 2.45) is 5.73 Å². The first-order valence-corrected chi connectivity index (χ1v) is 7.79. The van der Waals surface area contributed by atoms with Crippen LogP contribution in [0.3, 0.4) is 0 Å². The summed E-state index contributed by atoms with van der Waals surface area (Å²) in [6, 6.07) is 9.33. The second-order valence-electron chi connectivity index (χ2n) is 5.69. The maximum atomic E-state index is 14.0. The Balaban J connectivity index is 1.88. The third-order valence-electron chi connectivity index (χ3n) is 3.79. The average molecular weight is 392 g/mol. The van der Waals surface area contributed by atoms with Crippen LogP contribution in [-0.4, -0.2) is 21.6 Å². The standard InChI is InChI=1S/C18H12F4N4O2/c19-13-9-10(16(23)27)4-5-14(13)25-17(28)11-2-1-3-12(8-11)26-15(6-7-24-26)18(20,21)22/h1-9H,(H2,23,27)(H,25,28). The highest BCUT2D eigenvalue weighted by Crippen LogP contribution is 2.30. The third-order valence-corrected chi connectivity index (χ3v) is 3.79. The van der Waals surface area contributed by atoms with Crippen LogP contribution >= 0.6 is 0 Å². The fourth-order valence-electron chi connectivity index (χ4n) is 2.47. The van der Waals surface area contributed by atoms with Gasteiger partial charge in [0.25, 0.3) is 5.91 Å². The van der Waals surface area contributed by atoms with Crippen molar-refractivity contribution in [3.05, 3.63) is 77.4 Å². The Labute approximate surface area is 155 Å². The number of nitrogens with zero attached hydrogens (tertiary/aromatic N) is 2. The molecule has 0 aliphatic rings. The summed E-state index contributed by atoms with van der Waals surface area (Å²) in [6.07, 6.45) is -3.63. The van der Waals surface area contributed by atoms with E-state index in [9.17, 15) is 27.2 Å². The van der Waals surface area contributed by atoms with Gasteiger partial charge in [-0.2, -0.15) is 18.3 Å². The second kappa shape index (κ2) is 7.14. The first-order chi connectivity index (χ1) is 13.2. The number of carbonyl (C=O) groups excluding carboxylic acids is 2. The number of nitrogens with two attached hydrogens (primary N) is 1. The summed E-state index contributed by atoms with van der Waals surface area (Å²) >= 11 is 0. The lowest BCUT2D eigenvalue weighted by molar-refractivity contribution is -0.142. The van der Waals surface area contributed by atoms with Gasteiger partial charge in [0.2, 0.25) is 5.91 Å². The summed E-state index contributed by atoms with van der Waals surface area (Å²) in [4.78, 5) is 23.4. The van der Waals surface area contributed by atoms with Gasteiger partial charge >= 0.3 is 6.18 Å². The molecule has 3 N–H and O–H groups in total. The van der Waals surface area contributed by atoms with Gasteiger partial charge in [0.15, 0.2) is 0 Å². The van der Waals surface area contributed by atoms with Crippen LogP contribution in [-0.2, 0) is 6.18 Å². The number of aromatic nitrogens is 2. The van der Waals surface area contributed by atoms with Crippen molar-refractivity contribution < 1.29 is 27.2 Å². The fraction of sp³-hybridized carbons (Fsp3) is 0.0556. The number of alkyl halides is 3. The van der Waals surface area contributed by atoms with E-state index in [0.717, 1.165) is 24.4 Å². The molecule has 0 spiro atoms. The van der Waals surface area contributed by atoms with Crippen LogP contribution in [0.5, 0.6) is 0 Å². The van der Waals surface area contributed by atoms with E-state index < -0.39 is 29.5 Å². The molecule has 144 valence electrons. The van der Waals surface area contributed by atoms with Gasteiger partial charge in [0.1, 0.15) is 11.5 Å². The molecule has 3 aromatic rings. The van der Waals surface area contributed by atoms with Crippen molar-refractivity contribution in [3.8, 4) is 5.69 Å². The van der Waals surface area contributed by atoms with Crippen LogP contribution in [0.4, 0.5) is 23.2 Å². The maximum absolute atomic E-state index is 14.0. The quantitative estimate of drug-likeness (QED) is 0.667. The molecule has 28 heavy (non-hydrogen) atoms. The molecule has 0 aliphatic carbocycles. The van der Waals surface area contributed by atoms with Gasteiger partial charge in [-0.3, -0.25) is 9.59 Å². The smallest absolute Gasteiger partial charge is 0.366 e. The van der Waals surface area contributed by atoms with Gasteiger partial charge in [0.05, 0.1) is 17.6 Å². The third kappa shape index (κ3) is 3.85. The van der Waals surface area contributed by atoms with Crippen molar-refractivity contribution in [3.63, 3.8) is 0 Å². The zero-order chi connectivity index (χ0) is 20.5. The van der Waals surface area contributed by atoms with E-state index in [-0.39, 0.29) is 22.5 Å². The summed E-state index contributed by atoms with van der Waals surface area (Å²) in [5.74, 6) is -2.47. The Hall–Kier alpha value is -3.69. The van der Waals surface area contributed by atoms with E-state index in [4.69, 9.17) is 5.73 Å². The highest BCUT2D eigenvalue weighted by atomic mass is 19.4. The van der Waals surface area contributed by atoms with Crippen LogP contribution in [0.15, 0.2) is 54.7 Å². The van der Waals surface area contributed by atoms with Crippen molar-refractivity contribution in [1.82, 2.24) is 9.78 Å². The minimum absolute atomic E-state index is 0.00882. The number of hydrogen-bond acceptors (Lipinski definition) is 3. The average Bonchev–Trinajstić information content (AvgIpc) is 3.13. The molecule has 0 radical (unpaired) electrons. The van der Waals surface area contributed by atoms with Crippen molar-refractivity contribution in [2.75, 3.05) is 5.32 Å². The van der Waals surface area contributed by atoms with E-state index in [1.54, 1.807) is 0 Å². The van der Waals surface area contributed by atoms with E-state index >= 15 is 0 Å². The second-order valence-corrected chi connectivity index (χ2v) is 5.69. The number of halogens is 4. The highest BCUT2D eigenvalue weighted by Gasteiger charge is 2.35. The minimum Gasteiger partial charge on any atom is -0.366 e. The summed E-state index contributed by atoms with van der Waals surface area (Å²) in [5, 5.41) is 5.93. The van der Waals surface area contributed by atoms with Gasteiger partial charge in [-0.25, -0.2) is 9.07 Å². The molecule has 10 heteroatoms. The Kier molecular flexibility index (Phi) is 4.87. The maximum Gasteiger partial charge on any atom is 0.433 e. The molecule has 0 fully saturated rings. The number of anilines is 1. The number of rotatable bonds is 4. The van der Waals surface area contributed by atoms with Gasteiger partial charge in [-0.1, -0.05) is 6.07 Å². The molecule has 0 atom stereocenters. The number of benzene rings is 2. The molecule has 0 aliphatic heterocycles. The predicted molar refractivity (Wildman–Crippen MR) is 91.4 cm³/mol. The molecule has 0 unspecified atom stereocenters. The van der Waals surface area contributed by atoms with Crippen LogP contribution in [0.25, 0.3) is 5.69 Å². The number of hydrogen-bond donors (Lipinski definition) is 2. The SMILES string of the molecule is NC(=O)c1ccc(NC(=O)c2cccc(-n3nccc3C(F)(F)F)c2)c(F)c1. The first kappa shape index (κ1) is 19.1. The molecular formula is C18H12F4N4O2. The Morgan fingerprint density at radius 2 is 1.79 bits per heavy atom. The van der Waals surface area contributed by atoms with Gasteiger partial charge < -0.3 is 11.1 Å². The number of amides is 2. The molecule has 0 saturated heterocycles.